The van der Waals surface area contributed by atoms with E-state index in [1.165, 1.54) is 0 Å². The molecule has 0 unspecified atom stereocenters. The van der Waals surface area contributed by atoms with Crippen molar-refractivity contribution in [3.63, 3.8) is 0 Å². The first kappa shape index (κ1) is 21.5. The standard InChI is InChI=1S/C23H32N6O2/c1-2-3-12-24-23-26-14-19(21(29-23)27-16-6-9-18(30)10-7-16)20-11-8-17(13-25-20)28-22(31)15-4-5-15/h8,11,13-16,18,30H,2-7,9-10,12H2,1H3,(H,28,31)(H2,24,26,27,29)/t16-,18-. The number of rotatable bonds is 9. The fraction of sp³-hybridized carbons (Fsp3) is 0.565. The van der Waals surface area contributed by atoms with Gasteiger partial charge >= 0.3 is 0 Å². The monoisotopic (exact) mass is 424 g/mol. The Morgan fingerprint density at radius 3 is 2.58 bits per heavy atom. The third kappa shape index (κ3) is 5.91. The van der Waals surface area contributed by atoms with Gasteiger partial charge in [0.1, 0.15) is 5.82 Å². The highest BCUT2D eigenvalue weighted by molar-refractivity contribution is 5.94. The van der Waals surface area contributed by atoms with Gasteiger partial charge in [0.2, 0.25) is 11.9 Å². The van der Waals surface area contributed by atoms with Crippen LogP contribution in [0.5, 0.6) is 0 Å². The minimum absolute atomic E-state index is 0.0715. The maximum atomic E-state index is 12.0. The van der Waals surface area contributed by atoms with Gasteiger partial charge in [0.25, 0.3) is 0 Å². The molecule has 31 heavy (non-hydrogen) atoms. The molecular formula is C23H32N6O2. The van der Waals surface area contributed by atoms with Gasteiger partial charge in [-0.3, -0.25) is 9.78 Å². The van der Waals surface area contributed by atoms with Gasteiger partial charge in [0.15, 0.2) is 0 Å². The summed E-state index contributed by atoms with van der Waals surface area (Å²) in [5.74, 6) is 1.58. The predicted octanol–water partition coefficient (Wildman–Crippen LogP) is 3.81. The third-order valence-electron chi connectivity index (χ3n) is 5.89. The Bertz CT molecular complexity index is 876. The molecule has 2 fully saturated rings. The van der Waals surface area contributed by atoms with Crippen LogP contribution < -0.4 is 16.0 Å². The summed E-state index contributed by atoms with van der Waals surface area (Å²) >= 11 is 0. The van der Waals surface area contributed by atoms with Crippen LogP contribution in [-0.2, 0) is 4.79 Å². The summed E-state index contributed by atoms with van der Waals surface area (Å²) in [4.78, 5) is 25.8. The Morgan fingerprint density at radius 1 is 1.10 bits per heavy atom. The van der Waals surface area contributed by atoms with Crippen molar-refractivity contribution in [2.45, 2.75) is 70.4 Å². The molecule has 4 N–H and O–H groups in total. The molecule has 0 atom stereocenters. The van der Waals surface area contributed by atoms with Crippen LogP contribution in [-0.4, -0.2) is 44.7 Å². The van der Waals surface area contributed by atoms with Gasteiger partial charge in [-0.25, -0.2) is 4.98 Å². The van der Waals surface area contributed by atoms with Gasteiger partial charge in [0, 0.05) is 24.7 Å². The van der Waals surface area contributed by atoms with E-state index in [1.54, 1.807) is 12.4 Å². The van der Waals surface area contributed by atoms with E-state index in [9.17, 15) is 9.90 Å². The van der Waals surface area contributed by atoms with E-state index in [0.29, 0.717) is 11.6 Å². The zero-order chi connectivity index (χ0) is 21.6. The fourth-order valence-electron chi connectivity index (χ4n) is 3.77. The number of carbonyl (C=O) groups excluding carboxylic acids is 1. The van der Waals surface area contributed by atoms with Crippen molar-refractivity contribution in [1.82, 2.24) is 15.0 Å². The second kappa shape index (κ2) is 10.0. The number of unbranched alkanes of at least 4 members (excludes halogenated alkanes) is 1. The van der Waals surface area contributed by atoms with Crippen LogP contribution in [0.1, 0.15) is 58.3 Å². The molecule has 1 amide bonds. The molecule has 0 spiro atoms. The lowest BCUT2D eigenvalue weighted by Crippen LogP contribution is -2.29. The molecule has 0 radical (unpaired) electrons. The van der Waals surface area contributed by atoms with Crippen molar-refractivity contribution in [3.05, 3.63) is 24.5 Å². The van der Waals surface area contributed by atoms with Crippen LogP contribution in [0.15, 0.2) is 24.5 Å². The molecular weight excluding hydrogens is 392 g/mol. The van der Waals surface area contributed by atoms with E-state index < -0.39 is 0 Å². The number of nitrogens with zero attached hydrogens (tertiary/aromatic N) is 3. The summed E-state index contributed by atoms with van der Waals surface area (Å²) in [6.07, 6.45) is 10.8. The molecule has 2 aromatic heterocycles. The lowest BCUT2D eigenvalue weighted by molar-refractivity contribution is -0.117. The van der Waals surface area contributed by atoms with Crippen molar-refractivity contribution in [2.24, 2.45) is 5.92 Å². The van der Waals surface area contributed by atoms with Gasteiger partial charge in [-0.2, -0.15) is 4.98 Å². The summed E-state index contributed by atoms with van der Waals surface area (Å²) in [6, 6.07) is 4.02. The molecule has 0 aromatic carbocycles. The number of hydrogen-bond acceptors (Lipinski definition) is 7. The Labute approximate surface area is 183 Å². The SMILES string of the molecule is CCCCNc1ncc(-c2ccc(NC(=O)C3CC3)cn2)c(N[C@H]2CC[C@H](O)CC2)n1. The van der Waals surface area contributed by atoms with Gasteiger partial charge in [-0.1, -0.05) is 13.3 Å². The molecule has 0 saturated heterocycles. The molecule has 0 bridgehead atoms. The molecule has 2 aliphatic rings. The number of aliphatic hydroxyl groups is 1. The second-order valence-electron chi connectivity index (χ2n) is 8.58. The molecule has 8 nitrogen and oxygen atoms in total. The Balaban J connectivity index is 1.52. The highest BCUT2D eigenvalue weighted by Gasteiger charge is 2.29. The fourth-order valence-corrected chi connectivity index (χ4v) is 3.77. The summed E-state index contributed by atoms with van der Waals surface area (Å²) in [7, 11) is 0. The van der Waals surface area contributed by atoms with E-state index in [4.69, 9.17) is 4.98 Å². The quantitative estimate of drug-likeness (QED) is 0.453. The van der Waals surface area contributed by atoms with E-state index in [-0.39, 0.29) is 24.0 Å². The van der Waals surface area contributed by atoms with Crippen LogP contribution in [0, 0.1) is 5.92 Å². The first-order valence-electron chi connectivity index (χ1n) is 11.4. The topological polar surface area (TPSA) is 112 Å². The summed E-state index contributed by atoms with van der Waals surface area (Å²) < 4.78 is 0. The van der Waals surface area contributed by atoms with Crippen LogP contribution >= 0.6 is 0 Å². The van der Waals surface area contributed by atoms with E-state index in [1.807, 2.05) is 12.1 Å². The van der Waals surface area contributed by atoms with Crippen molar-refractivity contribution in [1.29, 1.82) is 0 Å². The number of aliphatic hydroxyl groups excluding tert-OH is 1. The smallest absolute Gasteiger partial charge is 0.227 e. The first-order chi connectivity index (χ1) is 15.1. The molecule has 166 valence electrons. The zero-order valence-corrected chi connectivity index (χ0v) is 18.1. The minimum Gasteiger partial charge on any atom is -0.393 e. The van der Waals surface area contributed by atoms with Crippen LogP contribution in [0.25, 0.3) is 11.3 Å². The van der Waals surface area contributed by atoms with Crippen molar-refractivity contribution < 1.29 is 9.90 Å². The zero-order valence-electron chi connectivity index (χ0n) is 18.1. The lowest BCUT2D eigenvalue weighted by atomic mass is 9.93. The van der Waals surface area contributed by atoms with Gasteiger partial charge < -0.3 is 21.1 Å². The first-order valence-corrected chi connectivity index (χ1v) is 11.4. The molecule has 8 heteroatoms. The number of carbonyl (C=O) groups is 1. The van der Waals surface area contributed by atoms with E-state index in [2.05, 4.69) is 32.8 Å². The average Bonchev–Trinajstić information content (AvgIpc) is 3.62. The number of pyridine rings is 1. The maximum Gasteiger partial charge on any atom is 0.227 e. The normalized spacial score (nSPS) is 20.8. The lowest BCUT2D eigenvalue weighted by Gasteiger charge is -2.27. The molecule has 0 aliphatic heterocycles. The maximum absolute atomic E-state index is 12.0. The number of hydrogen-bond donors (Lipinski definition) is 4. The number of aromatic nitrogens is 3. The summed E-state index contributed by atoms with van der Waals surface area (Å²) in [5, 5.41) is 19.6. The molecule has 2 aromatic rings. The molecule has 4 rings (SSSR count). The van der Waals surface area contributed by atoms with Crippen LogP contribution in [0.3, 0.4) is 0 Å². The Kier molecular flexibility index (Phi) is 6.96. The molecule has 2 heterocycles. The number of anilines is 3. The second-order valence-corrected chi connectivity index (χ2v) is 8.58. The third-order valence-corrected chi connectivity index (χ3v) is 5.89. The van der Waals surface area contributed by atoms with Crippen molar-refractivity contribution in [3.8, 4) is 11.3 Å². The average molecular weight is 425 g/mol. The largest absolute Gasteiger partial charge is 0.393 e. The van der Waals surface area contributed by atoms with Gasteiger partial charge in [-0.05, 0) is 57.1 Å². The molecule has 2 saturated carbocycles. The van der Waals surface area contributed by atoms with Crippen LogP contribution in [0.2, 0.25) is 0 Å². The number of amides is 1. The summed E-state index contributed by atoms with van der Waals surface area (Å²) in [5.41, 5.74) is 2.28. The number of nitrogens with one attached hydrogen (secondary N) is 3. The van der Waals surface area contributed by atoms with Gasteiger partial charge in [0.05, 0.1) is 29.2 Å². The van der Waals surface area contributed by atoms with Crippen molar-refractivity contribution in [2.75, 3.05) is 22.5 Å². The summed E-state index contributed by atoms with van der Waals surface area (Å²) in [6.45, 7) is 2.98. The Hall–Kier alpha value is -2.74. The predicted molar refractivity (Wildman–Crippen MR) is 122 cm³/mol. The molecule has 2 aliphatic carbocycles. The van der Waals surface area contributed by atoms with E-state index in [0.717, 1.165) is 75.0 Å². The highest BCUT2D eigenvalue weighted by atomic mass is 16.3. The minimum atomic E-state index is -0.200. The van der Waals surface area contributed by atoms with E-state index >= 15 is 0 Å². The van der Waals surface area contributed by atoms with Crippen molar-refractivity contribution >= 4 is 23.4 Å². The Morgan fingerprint density at radius 2 is 1.90 bits per heavy atom. The van der Waals surface area contributed by atoms with Gasteiger partial charge in [-0.15, -0.1) is 0 Å². The highest BCUT2D eigenvalue weighted by Crippen LogP contribution is 2.31. The van der Waals surface area contributed by atoms with Crippen LogP contribution in [0.4, 0.5) is 17.5 Å².